The summed E-state index contributed by atoms with van der Waals surface area (Å²) < 4.78 is 0. The summed E-state index contributed by atoms with van der Waals surface area (Å²) in [6, 6.07) is 0. The second-order valence-electron chi connectivity index (χ2n) is 3.45. The average Bonchev–Trinajstić information content (AvgIpc) is 2.00. The summed E-state index contributed by atoms with van der Waals surface area (Å²) in [5.41, 5.74) is 8.26. The molecule has 0 unspecified atom stereocenters. The summed E-state index contributed by atoms with van der Waals surface area (Å²) in [4.78, 5) is 0. The third-order valence-corrected chi connectivity index (χ3v) is 1.75. The molecule has 2 N–H and O–H groups in total. The molecule has 0 aromatic carbocycles. The highest BCUT2D eigenvalue weighted by molar-refractivity contribution is 5.02. The van der Waals surface area contributed by atoms with Gasteiger partial charge in [0.05, 0.1) is 0 Å². The molecule has 1 nitrogen and oxygen atoms in total. The van der Waals surface area contributed by atoms with Gasteiger partial charge < -0.3 is 5.73 Å². The number of nitrogens with two attached hydrogens (primary N) is 1. The van der Waals surface area contributed by atoms with Gasteiger partial charge in [-0.05, 0) is 46.6 Å². The molecule has 0 spiro atoms. The van der Waals surface area contributed by atoms with Crippen LogP contribution >= 0.6 is 0 Å². The molecule has 0 heterocycles. The van der Waals surface area contributed by atoms with Gasteiger partial charge in [0.2, 0.25) is 0 Å². The maximum absolute atomic E-state index is 5.40. The Bertz CT molecular complexity index is 162. The fraction of sp³-hybridized carbons (Fsp3) is 0.636. The molecule has 0 rings (SSSR count). The molecule has 0 saturated heterocycles. The Balaban J connectivity index is 3.56. The van der Waals surface area contributed by atoms with Crippen LogP contribution in [0.15, 0.2) is 23.3 Å². The fourth-order valence-electron chi connectivity index (χ4n) is 1.02. The Kier molecular flexibility index (Phi) is 6.78. The molecule has 0 amide bonds. The van der Waals surface area contributed by atoms with E-state index in [4.69, 9.17) is 5.73 Å². The van der Waals surface area contributed by atoms with Crippen LogP contribution in [0.4, 0.5) is 0 Å². The Hall–Kier alpha value is -0.560. The highest BCUT2D eigenvalue weighted by Crippen LogP contribution is 2.06. The molecular formula is C11H21N. The first-order chi connectivity index (χ1) is 5.66. The number of allylic oxidation sites excluding steroid dienone is 3. The van der Waals surface area contributed by atoms with E-state index in [2.05, 4.69) is 32.9 Å². The van der Waals surface area contributed by atoms with Gasteiger partial charge >= 0.3 is 0 Å². The van der Waals surface area contributed by atoms with E-state index >= 15 is 0 Å². The zero-order valence-corrected chi connectivity index (χ0v) is 8.56. The lowest BCUT2D eigenvalue weighted by Crippen LogP contribution is -1.95. The quantitative estimate of drug-likeness (QED) is 0.626. The van der Waals surface area contributed by atoms with Gasteiger partial charge in [-0.2, -0.15) is 0 Å². The van der Waals surface area contributed by atoms with Gasteiger partial charge in [0, 0.05) is 0 Å². The van der Waals surface area contributed by atoms with Crippen LogP contribution in [0.25, 0.3) is 0 Å². The van der Waals surface area contributed by atoms with Crippen molar-refractivity contribution >= 4 is 0 Å². The normalized spacial score (nSPS) is 11.5. The zero-order valence-electron chi connectivity index (χ0n) is 8.56. The van der Waals surface area contributed by atoms with Crippen molar-refractivity contribution in [3.63, 3.8) is 0 Å². The number of rotatable bonds is 5. The smallest absolute Gasteiger partial charge is 0.00425 e. The standard InChI is InChI=1S/C11H21N/c1-10(2)6-4-7-11(3)8-5-9-12/h6,8H,4-5,7,9,12H2,1-3H3/b11-8+. The van der Waals surface area contributed by atoms with E-state index in [9.17, 15) is 0 Å². The van der Waals surface area contributed by atoms with Crippen LogP contribution in [-0.2, 0) is 0 Å². The van der Waals surface area contributed by atoms with E-state index in [1.54, 1.807) is 0 Å². The van der Waals surface area contributed by atoms with E-state index in [-0.39, 0.29) is 0 Å². The minimum Gasteiger partial charge on any atom is -0.330 e. The topological polar surface area (TPSA) is 26.0 Å². The number of hydrogen-bond acceptors (Lipinski definition) is 1. The van der Waals surface area contributed by atoms with Gasteiger partial charge in [0.15, 0.2) is 0 Å². The molecule has 0 atom stereocenters. The van der Waals surface area contributed by atoms with Gasteiger partial charge in [0.1, 0.15) is 0 Å². The van der Waals surface area contributed by atoms with Crippen LogP contribution in [0.2, 0.25) is 0 Å². The number of hydrogen-bond donors (Lipinski definition) is 1. The summed E-state index contributed by atoms with van der Waals surface area (Å²) in [5, 5.41) is 0. The van der Waals surface area contributed by atoms with Crippen molar-refractivity contribution in [1.29, 1.82) is 0 Å². The first-order valence-electron chi connectivity index (χ1n) is 4.66. The molecule has 0 fully saturated rings. The SMILES string of the molecule is CC(C)=CCC/C(C)=C/CCN. The Labute approximate surface area is 76.3 Å². The predicted octanol–water partition coefficient (Wildman–Crippen LogP) is 3.03. The van der Waals surface area contributed by atoms with Crippen molar-refractivity contribution in [3.8, 4) is 0 Å². The maximum Gasteiger partial charge on any atom is -0.00425 e. The second kappa shape index (κ2) is 7.11. The summed E-state index contributed by atoms with van der Waals surface area (Å²) in [6.45, 7) is 7.21. The molecule has 0 aliphatic rings. The third-order valence-electron chi connectivity index (χ3n) is 1.75. The van der Waals surface area contributed by atoms with Gasteiger partial charge in [-0.3, -0.25) is 0 Å². The highest BCUT2D eigenvalue weighted by Gasteiger charge is 1.87. The monoisotopic (exact) mass is 167 g/mol. The van der Waals surface area contributed by atoms with E-state index in [1.165, 1.54) is 17.6 Å². The minimum atomic E-state index is 0.764. The lowest BCUT2D eigenvalue weighted by Gasteiger charge is -1.97. The Morgan fingerprint density at radius 2 is 1.75 bits per heavy atom. The van der Waals surface area contributed by atoms with E-state index in [0.717, 1.165) is 19.4 Å². The van der Waals surface area contributed by atoms with Crippen molar-refractivity contribution < 1.29 is 0 Å². The summed E-state index contributed by atoms with van der Waals surface area (Å²) in [7, 11) is 0. The molecule has 0 aromatic rings. The summed E-state index contributed by atoms with van der Waals surface area (Å²) in [5.74, 6) is 0. The molecule has 12 heavy (non-hydrogen) atoms. The lowest BCUT2D eigenvalue weighted by molar-refractivity contribution is 0.929. The first kappa shape index (κ1) is 11.4. The molecule has 0 bridgehead atoms. The van der Waals surface area contributed by atoms with Crippen molar-refractivity contribution in [2.75, 3.05) is 6.54 Å². The fourth-order valence-corrected chi connectivity index (χ4v) is 1.02. The lowest BCUT2D eigenvalue weighted by atomic mass is 10.1. The van der Waals surface area contributed by atoms with Crippen LogP contribution in [-0.4, -0.2) is 6.54 Å². The van der Waals surface area contributed by atoms with Crippen LogP contribution in [0.1, 0.15) is 40.0 Å². The van der Waals surface area contributed by atoms with E-state index in [1.807, 2.05) is 0 Å². The van der Waals surface area contributed by atoms with Crippen LogP contribution < -0.4 is 5.73 Å². The zero-order chi connectivity index (χ0) is 9.40. The van der Waals surface area contributed by atoms with Crippen molar-refractivity contribution in [2.45, 2.75) is 40.0 Å². The molecule has 0 aliphatic carbocycles. The predicted molar refractivity (Wildman–Crippen MR) is 56.1 cm³/mol. The Morgan fingerprint density at radius 3 is 2.25 bits per heavy atom. The van der Waals surface area contributed by atoms with Crippen LogP contribution in [0, 0.1) is 0 Å². The van der Waals surface area contributed by atoms with Crippen LogP contribution in [0.3, 0.4) is 0 Å². The molecule has 0 saturated carbocycles. The third kappa shape index (κ3) is 7.55. The van der Waals surface area contributed by atoms with Gasteiger partial charge in [-0.15, -0.1) is 0 Å². The van der Waals surface area contributed by atoms with Crippen molar-refractivity contribution in [3.05, 3.63) is 23.3 Å². The minimum absolute atomic E-state index is 0.764. The van der Waals surface area contributed by atoms with Gasteiger partial charge in [-0.1, -0.05) is 23.3 Å². The highest BCUT2D eigenvalue weighted by atomic mass is 14.5. The molecule has 1 heteroatoms. The van der Waals surface area contributed by atoms with Gasteiger partial charge in [0.25, 0.3) is 0 Å². The first-order valence-corrected chi connectivity index (χ1v) is 4.66. The molecule has 0 radical (unpaired) electrons. The second-order valence-corrected chi connectivity index (χ2v) is 3.45. The maximum atomic E-state index is 5.40. The van der Waals surface area contributed by atoms with Crippen LogP contribution in [0.5, 0.6) is 0 Å². The largest absolute Gasteiger partial charge is 0.330 e. The molecular weight excluding hydrogens is 146 g/mol. The molecule has 0 aromatic heterocycles. The van der Waals surface area contributed by atoms with E-state index < -0.39 is 0 Å². The van der Waals surface area contributed by atoms with Crippen molar-refractivity contribution in [1.82, 2.24) is 0 Å². The van der Waals surface area contributed by atoms with Crippen molar-refractivity contribution in [2.24, 2.45) is 5.73 Å². The Morgan fingerprint density at radius 1 is 1.08 bits per heavy atom. The summed E-state index contributed by atoms with van der Waals surface area (Å²) >= 11 is 0. The van der Waals surface area contributed by atoms with Gasteiger partial charge in [-0.25, -0.2) is 0 Å². The molecule has 0 aliphatic heterocycles. The summed E-state index contributed by atoms with van der Waals surface area (Å²) in [6.07, 6.45) is 7.86. The average molecular weight is 167 g/mol. The van der Waals surface area contributed by atoms with E-state index in [0.29, 0.717) is 0 Å². The molecule has 70 valence electrons.